The summed E-state index contributed by atoms with van der Waals surface area (Å²) in [5.41, 5.74) is -4.55. The molecule has 2 fully saturated rings. The molecule has 194 valence electrons. The van der Waals surface area contributed by atoms with E-state index in [0.29, 0.717) is 28.9 Å². The molecule has 1 aliphatic carbocycles. The van der Waals surface area contributed by atoms with Crippen LogP contribution in [-0.4, -0.2) is 24.3 Å². The largest absolute Gasteiger partial charge is 0.416 e. The number of rotatable bonds is 3. The van der Waals surface area contributed by atoms with Gasteiger partial charge in [0.25, 0.3) is 0 Å². The van der Waals surface area contributed by atoms with Gasteiger partial charge < -0.3 is 10.2 Å². The average molecular weight is 520 g/mol. The molecule has 2 unspecified atom stereocenters. The Kier molecular flexibility index (Phi) is 5.88. The third-order valence-electron chi connectivity index (χ3n) is 6.76. The van der Waals surface area contributed by atoms with Crippen LogP contribution in [0, 0.1) is 25.2 Å². The summed E-state index contributed by atoms with van der Waals surface area (Å²) in [7, 11) is 0. The SMILES string of the molecule is Cc1cccc(C)c1N1CC2(C(=O)Nc3cc(C(F)(F)F)cc(C(F)(F)F)c3)CC(F)(F)CC2C1=O. The van der Waals surface area contributed by atoms with Crippen molar-refractivity contribution in [2.45, 2.75) is 45.0 Å². The van der Waals surface area contributed by atoms with E-state index in [1.165, 1.54) is 4.90 Å². The molecule has 2 aliphatic rings. The van der Waals surface area contributed by atoms with Crippen LogP contribution in [0.3, 0.4) is 0 Å². The molecular formula is C24H20F8N2O2. The first kappa shape index (κ1) is 25.9. The Bertz CT molecular complexity index is 1190. The predicted octanol–water partition coefficient (Wildman–Crippen LogP) is 6.36. The molecule has 1 N–H and O–H groups in total. The van der Waals surface area contributed by atoms with Crippen molar-refractivity contribution in [3.8, 4) is 0 Å². The van der Waals surface area contributed by atoms with Crippen LogP contribution in [0.4, 0.5) is 46.5 Å². The van der Waals surface area contributed by atoms with Gasteiger partial charge in [-0.15, -0.1) is 0 Å². The van der Waals surface area contributed by atoms with E-state index in [4.69, 9.17) is 0 Å². The van der Waals surface area contributed by atoms with Crippen molar-refractivity contribution in [1.29, 1.82) is 0 Å². The Labute approximate surface area is 200 Å². The Morgan fingerprint density at radius 3 is 2.00 bits per heavy atom. The number of fused-ring (bicyclic) bond motifs is 1. The van der Waals surface area contributed by atoms with Crippen molar-refractivity contribution >= 4 is 23.2 Å². The number of para-hydroxylation sites is 1. The number of benzene rings is 2. The number of nitrogens with zero attached hydrogens (tertiary/aromatic N) is 1. The zero-order chi connectivity index (χ0) is 26.8. The lowest BCUT2D eigenvalue weighted by molar-refractivity contribution is -0.143. The van der Waals surface area contributed by atoms with Gasteiger partial charge in [-0.3, -0.25) is 9.59 Å². The number of nitrogens with one attached hydrogen (secondary N) is 1. The molecule has 4 nitrogen and oxygen atoms in total. The van der Waals surface area contributed by atoms with Gasteiger partial charge in [0, 0.05) is 30.8 Å². The van der Waals surface area contributed by atoms with Crippen LogP contribution in [0.25, 0.3) is 0 Å². The zero-order valence-corrected chi connectivity index (χ0v) is 19.0. The second-order valence-electron chi connectivity index (χ2n) is 9.36. The van der Waals surface area contributed by atoms with Crippen molar-refractivity contribution in [1.82, 2.24) is 0 Å². The van der Waals surface area contributed by atoms with E-state index < -0.39 is 77.6 Å². The molecule has 2 aromatic carbocycles. The lowest BCUT2D eigenvalue weighted by atomic mass is 9.79. The van der Waals surface area contributed by atoms with Crippen LogP contribution in [0.5, 0.6) is 0 Å². The van der Waals surface area contributed by atoms with Gasteiger partial charge in [-0.2, -0.15) is 26.3 Å². The standard InChI is InChI=1S/C24H20F8N2O2/c1-12-4-3-5-13(2)18(12)34-11-21(10-22(25,26)9-17(21)19(34)35)20(36)33-16-7-14(23(27,28)29)6-15(8-16)24(30,31)32/h3-8,17H,9-11H2,1-2H3,(H,33,36). The summed E-state index contributed by atoms with van der Waals surface area (Å²) >= 11 is 0. The third kappa shape index (κ3) is 4.41. The fourth-order valence-electron chi connectivity index (χ4n) is 5.20. The number of hydrogen-bond donors (Lipinski definition) is 1. The lowest BCUT2D eigenvalue weighted by Gasteiger charge is -2.28. The number of amides is 2. The molecule has 0 spiro atoms. The van der Waals surface area contributed by atoms with Crippen molar-refractivity contribution in [3.05, 3.63) is 58.7 Å². The molecule has 12 heteroatoms. The Balaban J connectivity index is 1.75. The number of aryl methyl sites for hydroxylation is 2. The summed E-state index contributed by atoms with van der Waals surface area (Å²) in [6, 6.07) is 5.58. The summed E-state index contributed by atoms with van der Waals surface area (Å²) in [6.45, 7) is 2.88. The minimum atomic E-state index is -5.16. The molecule has 0 bridgehead atoms. The van der Waals surface area contributed by atoms with Gasteiger partial charge in [0.2, 0.25) is 17.7 Å². The highest BCUT2D eigenvalue weighted by molar-refractivity contribution is 6.08. The van der Waals surface area contributed by atoms with Gasteiger partial charge in [-0.25, -0.2) is 8.78 Å². The second-order valence-corrected chi connectivity index (χ2v) is 9.36. The van der Waals surface area contributed by atoms with Gasteiger partial charge in [0.05, 0.1) is 22.5 Å². The Morgan fingerprint density at radius 1 is 0.972 bits per heavy atom. The number of carbonyl (C=O) groups is 2. The summed E-state index contributed by atoms with van der Waals surface area (Å²) in [4.78, 5) is 27.8. The minimum Gasteiger partial charge on any atom is -0.325 e. The topological polar surface area (TPSA) is 49.4 Å². The normalized spacial score (nSPS) is 23.7. The van der Waals surface area contributed by atoms with Crippen LogP contribution in [0.1, 0.15) is 35.1 Å². The van der Waals surface area contributed by atoms with Crippen molar-refractivity contribution in [2.24, 2.45) is 11.3 Å². The zero-order valence-electron chi connectivity index (χ0n) is 19.0. The van der Waals surface area contributed by atoms with Gasteiger partial charge in [-0.1, -0.05) is 18.2 Å². The van der Waals surface area contributed by atoms with E-state index in [1.807, 2.05) is 5.32 Å². The van der Waals surface area contributed by atoms with E-state index in [0.717, 1.165) is 0 Å². The number of anilines is 2. The van der Waals surface area contributed by atoms with E-state index in [1.54, 1.807) is 32.0 Å². The van der Waals surface area contributed by atoms with Crippen molar-refractivity contribution in [3.63, 3.8) is 0 Å². The number of alkyl halides is 8. The first-order valence-electron chi connectivity index (χ1n) is 10.8. The maximum Gasteiger partial charge on any atom is 0.416 e. The van der Waals surface area contributed by atoms with Gasteiger partial charge in [0.1, 0.15) is 0 Å². The van der Waals surface area contributed by atoms with Crippen LogP contribution < -0.4 is 10.2 Å². The highest BCUT2D eigenvalue weighted by Gasteiger charge is 2.67. The van der Waals surface area contributed by atoms with Crippen LogP contribution in [0.2, 0.25) is 0 Å². The molecule has 0 radical (unpaired) electrons. The smallest absolute Gasteiger partial charge is 0.325 e. The molecule has 2 aromatic rings. The fraction of sp³-hybridized carbons (Fsp3) is 0.417. The molecule has 36 heavy (non-hydrogen) atoms. The second kappa shape index (κ2) is 8.17. The quantitative estimate of drug-likeness (QED) is 0.479. The summed E-state index contributed by atoms with van der Waals surface area (Å²) < 4.78 is 108. The van der Waals surface area contributed by atoms with E-state index in [-0.39, 0.29) is 6.07 Å². The number of halogens is 8. The molecule has 2 atom stereocenters. The third-order valence-corrected chi connectivity index (χ3v) is 6.76. The number of hydrogen-bond acceptors (Lipinski definition) is 2. The molecule has 1 aliphatic heterocycles. The Hall–Kier alpha value is -3.18. The first-order valence-corrected chi connectivity index (χ1v) is 10.8. The monoisotopic (exact) mass is 520 g/mol. The predicted molar refractivity (Wildman–Crippen MR) is 113 cm³/mol. The first-order chi connectivity index (χ1) is 16.4. The van der Waals surface area contributed by atoms with Crippen molar-refractivity contribution in [2.75, 3.05) is 16.8 Å². The van der Waals surface area contributed by atoms with Crippen molar-refractivity contribution < 1.29 is 44.7 Å². The summed E-state index contributed by atoms with van der Waals surface area (Å²) in [5.74, 6) is -6.91. The summed E-state index contributed by atoms with van der Waals surface area (Å²) in [5, 5.41) is 1.98. The van der Waals surface area contributed by atoms with Gasteiger partial charge in [-0.05, 0) is 43.2 Å². The molecule has 2 amide bonds. The molecule has 0 aromatic heterocycles. The average Bonchev–Trinajstić information content (AvgIpc) is 3.15. The maximum absolute atomic E-state index is 14.5. The fourth-order valence-corrected chi connectivity index (χ4v) is 5.20. The lowest BCUT2D eigenvalue weighted by Crippen LogP contribution is -2.41. The molecule has 1 saturated carbocycles. The molecular weight excluding hydrogens is 500 g/mol. The van der Waals surface area contributed by atoms with Crippen LogP contribution in [0.15, 0.2) is 36.4 Å². The Morgan fingerprint density at radius 2 is 1.50 bits per heavy atom. The maximum atomic E-state index is 14.5. The van der Waals surface area contributed by atoms with E-state index in [9.17, 15) is 44.7 Å². The van der Waals surface area contributed by atoms with Gasteiger partial charge in [0.15, 0.2) is 0 Å². The highest BCUT2D eigenvalue weighted by atomic mass is 19.4. The molecule has 1 saturated heterocycles. The minimum absolute atomic E-state index is 0.109. The van der Waals surface area contributed by atoms with Crippen LogP contribution in [-0.2, 0) is 21.9 Å². The van der Waals surface area contributed by atoms with E-state index >= 15 is 0 Å². The van der Waals surface area contributed by atoms with E-state index in [2.05, 4.69) is 0 Å². The number of carbonyl (C=O) groups excluding carboxylic acids is 2. The molecule has 4 rings (SSSR count). The van der Waals surface area contributed by atoms with Crippen LogP contribution >= 0.6 is 0 Å². The highest BCUT2D eigenvalue weighted by Crippen LogP contribution is 2.57. The van der Waals surface area contributed by atoms with Gasteiger partial charge >= 0.3 is 12.4 Å². The molecule has 1 heterocycles. The summed E-state index contributed by atoms with van der Waals surface area (Å²) in [6.07, 6.45) is -12.4.